The second-order valence-corrected chi connectivity index (χ2v) is 4.71. The van der Waals surface area contributed by atoms with E-state index in [0.29, 0.717) is 10.8 Å². The lowest BCUT2D eigenvalue weighted by molar-refractivity contribution is -0.277. The highest BCUT2D eigenvalue weighted by atomic mass is 35.5. The van der Waals surface area contributed by atoms with Gasteiger partial charge in [0.25, 0.3) is 0 Å². The van der Waals surface area contributed by atoms with E-state index in [1.165, 1.54) is 0 Å². The van der Waals surface area contributed by atoms with Crippen molar-refractivity contribution in [2.24, 2.45) is 0 Å². The van der Waals surface area contributed by atoms with Crippen LogP contribution in [0.15, 0.2) is 24.3 Å². The molecule has 0 aromatic heterocycles. The number of ether oxygens (including phenoxy) is 2. The number of aliphatic hydroxyl groups excluding tert-OH is 4. The van der Waals surface area contributed by atoms with Gasteiger partial charge in [0.15, 0.2) is 0 Å². The molecule has 0 amide bonds. The average molecular weight is 291 g/mol. The Kier molecular flexibility index (Phi) is 4.62. The van der Waals surface area contributed by atoms with Gasteiger partial charge in [-0.25, -0.2) is 0 Å². The van der Waals surface area contributed by atoms with Gasteiger partial charge >= 0.3 is 0 Å². The monoisotopic (exact) mass is 290 g/mol. The van der Waals surface area contributed by atoms with Gasteiger partial charge < -0.3 is 29.9 Å². The Hall–Kier alpha value is -0.890. The Bertz CT molecular complexity index is 409. The van der Waals surface area contributed by atoms with Gasteiger partial charge in [-0.15, -0.1) is 0 Å². The summed E-state index contributed by atoms with van der Waals surface area (Å²) in [7, 11) is 0. The molecular formula is C12H15ClO6. The molecule has 0 saturated carbocycles. The van der Waals surface area contributed by atoms with Gasteiger partial charge in [-0.3, -0.25) is 0 Å². The number of aliphatic hydroxyl groups is 4. The molecule has 1 aliphatic rings. The van der Waals surface area contributed by atoms with E-state index in [0.717, 1.165) is 0 Å². The number of benzene rings is 1. The molecule has 0 spiro atoms. The standard InChI is InChI=1S/C12H15ClO6/c13-6-1-3-7(4-2-6)18-12-11(17)10(16)9(15)8(5-14)19-12/h1-4,8-12,14-17H,5H2/t8-,9+,10-,11+,12+/m0/s1. The summed E-state index contributed by atoms with van der Waals surface area (Å²) < 4.78 is 10.6. The summed E-state index contributed by atoms with van der Waals surface area (Å²) in [5.74, 6) is 0.383. The topological polar surface area (TPSA) is 99.4 Å². The third-order valence-corrected chi connectivity index (χ3v) is 3.17. The largest absolute Gasteiger partial charge is 0.462 e. The van der Waals surface area contributed by atoms with E-state index in [-0.39, 0.29) is 0 Å². The highest BCUT2D eigenvalue weighted by molar-refractivity contribution is 6.30. The molecule has 19 heavy (non-hydrogen) atoms. The van der Waals surface area contributed by atoms with Crippen molar-refractivity contribution in [2.45, 2.75) is 30.7 Å². The maximum atomic E-state index is 9.77. The molecule has 7 heteroatoms. The molecule has 2 rings (SSSR count). The number of rotatable bonds is 3. The van der Waals surface area contributed by atoms with Gasteiger partial charge in [0.2, 0.25) is 6.29 Å². The summed E-state index contributed by atoms with van der Waals surface area (Å²) in [4.78, 5) is 0. The fourth-order valence-electron chi connectivity index (χ4n) is 1.81. The fraction of sp³-hybridized carbons (Fsp3) is 0.500. The van der Waals surface area contributed by atoms with E-state index >= 15 is 0 Å². The third-order valence-electron chi connectivity index (χ3n) is 2.91. The smallest absolute Gasteiger partial charge is 0.229 e. The second-order valence-electron chi connectivity index (χ2n) is 4.27. The van der Waals surface area contributed by atoms with Crippen LogP contribution in [0.25, 0.3) is 0 Å². The predicted octanol–water partition coefficient (Wildman–Crippen LogP) is -0.481. The number of halogens is 1. The highest BCUT2D eigenvalue weighted by Crippen LogP contribution is 2.24. The fourth-order valence-corrected chi connectivity index (χ4v) is 1.94. The zero-order chi connectivity index (χ0) is 14.0. The molecule has 0 aliphatic carbocycles. The molecular weight excluding hydrogens is 276 g/mol. The normalized spacial score (nSPS) is 35.1. The van der Waals surface area contributed by atoms with Gasteiger partial charge in [-0.2, -0.15) is 0 Å². The summed E-state index contributed by atoms with van der Waals surface area (Å²) in [6.07, 6.45) is -6.45. The Labute approximate surface area is 114 Å². The van der Waals surface area contributed by atoms with Gasteiger partial charge in [-0.1, -0.05) is 11.6 Å². The van der Waals surface area contributed by atoms with Crippen molar-refractivity contribution < 1.29 is 29.9 Å². The zero-order valence-corrected chi connectivity index (χ0v) is 10.6. The van der Waals surface area contributed by atoms with Crippen LogP contribution in [0.4, 0.5) is 0 Å². The molecule has 0 bridgehead atoms. The number of hydrogen-bond acceptors (Lipinski definition) is 6. The Morgan fingerprint density at radius 2 is 1.68 bits per heavy atom. The summed E-state index contributed by atoms with van der Waals surface area (Å²) in [5, 5.41) is 38.5. The van der Waals surface area contributed by atoms with Crippen molar-refractivity contribution in [1.82, 2.24) is 0 Å². The van der Waals surface area contributed by atoms with Crippen LogP contribution in [-0.2, 0) is 4.74 Å². The van der Waals surface area contributed by atoms with Crippen molar-refractivity contribution in [3.63, 3.8) is 0 Å². The average Bonchev–Trinajstić information content (AvgIpc) is 2.42. The van der Waals surface area contributed by atoms with Gasteiger partial charge in [0, 0.05) is 5.02 Å². The first-order valence-electron chi connectivity index (χ1n) is 5.75. The highest BCUT2D eigenvalue weighted by Gasteiger charge is 2.44. The molecule has 4 N–H and O–H groups in total. The molecule has 1 fully saturated rings. The first-order chi connectivity index (χ1) is 9.02. The lowest BCUT2D eigenvalue weighted by atomic mass is 9.99. The molecule has 1 saturated heterocycles. The molecule has 6 nitrogen and oxygen atoms in total. The van der Waals surface area contributed by atoms with Crippen molar-refractivity contribution in [1.29, 1.82) is 0 Å². The summed E-state index contributed by atoms with van der Waals surface area (Å²) in [6, 6.07) is 6.34. The van der Waals surface area contributed by atoms with Crippen LogP contribution < -0.4 is 4.74 Å². The molecule has 1 heterocycles. The molecule has 1 aromatic rings. The molecule has 1 aliphatic heterocycles. The minimum absolute atomic E-state index is 0.383. The minimum Gasteiger partial charge on any atom is -0.462 e. The summed E-state index contributed by atoms with van der Waals surface area (Å²) in [5.41, 5.74) is 0. The molecule has 0 unspecified atom stereocenters. The van der Waals surface area contributed by atoms with Crippen LogP contribution in [0, 0.1) is 0 Å². The molecule has 106 valence electrons. The van der Waals surface area contributed by atoms with Crippen LogP contribution in [0.3, 0.4) is 0 Å². The SMILES string of the molecule is OC[C@@H]1O[C@@H](Oc2ccc(Cl)cc2)[C@H](O)[C@@H](O)[C@@H]1O. The van der Waals surface area contributed by atoms with Crippen LogP contribution >= 0.6 is 11.6 Å². The second kappa shape index (κ2) is 6.04. The predicted molar refractivity (Wildman–Crippen MR) is 65.8 cm³/mol. The zero-order valence-electron chi connectivity index (χ0n) is 9.89. The third kappa shape index (κ3) is 3.17. The van der Waals surface area contributed by atoms with Crippen LogP contribution in [0.5, 0.6) is 5.75 Å². The van der Waals surface area contributed by atoms with E-state index in [2.05, 4.69) is 0 Å². The van der Waals surface area contributed by atoms with E-state index in [1.807, 2.05) is 0 Å². The van der Waals surface area contributed by atoms with Crippen molar-refractivity contribution in [3.8, 4) is 5.75 Å². The van der Waals surface area contributed by atoms with Crippen molar-refractivity contribution in [3.05, 3.63) is 29.3 Å². The van der Waals surface area contributed by atoms with Crippen LogP contribution in [0.1, 0.15) is 0 Å². The Morgan fingerprint density at radius 1 is 1.05 bits per heavy atom. The van der Waals surface area contributed by atoms with Crippen LogP contribution in [0.2, 0.25) is 5.02 Å². The minimum atomic E-state index is -1.46. The van der Waals surface area contributed by atoms with Gasteiger partial charge in [0.1, 0.15) is 30.2 Å². The summed E-state index contributed by atoms with van der Waals surface area (Å²) in [6.45, 7) is -0.495. The van der Waals surface area contributed by atoms with Gasteiger partial charge in [0.05, 0.1) is 6.61 Å². The first kappa shape index (κ1) is 14.5. The maximum absolute atomic E-state index is 9.77. The molecule has 1 aromatic carbocycles. The van der Waals surface area contributed by atoms with E-state index < -0.39 is 37.3 Å². The van der Waals surface area contributed by atoms with Crippen molar-refractivity contribution >= 4 is 11.6 Å². The van der Waals surface area contributed by atoms with E-state index in [1.54, 1.807) is 24.3 Å². The Morgan fingerprint density at radius 3 is 2.26 bits per heavy atom. The van der Waals surface area contributed by atoms with E-state index in [9.17, 15) is 15.3 Å². The lowest BCUT2D eigenvalue weighted by Gasteiger charge is -2.39. The molecule has 0 radical (unpaired) electrons. The van der Waals surface area contributed by atoms with Gasteiger partial charge in [-0.05, 0) is 24.3 Å². The summed E-state index contributed by atoms with van der Waals surface area (Å²) >= 11 is 5.73. The lowest BCUT2D eigenvalue weighted by Crippen LogP contribution is -2.60. The van der Waals surface area contributed by atoms with Crippen LogP contribution in [-0.4, -0.2) is 57.7 Å². The first-order valence-corrected chi connectivity index (χ1v) is 6.13. The quantitative estimate of drug-likeness (QED) is 0.600. The maximum Gasteiger partial charge on any atom is 0.229 e. The Balaban J connectivity index is 2.08. The number of hydrogen-bond donors (Lipinski definition) is 4. The van der Waals surface area contributed by atoms with E-state index in [4.69, 9.17) is 26.2 Å². The van der Waals surface area contributed by atoms with Crippen molar-refractivity contribution in [2.75, 3.05) is 6.61 Å². The molecule has 5 atom stereocenters.